The number of carbonyl (C=O) groups excluding carboxylic acids is 1. The minimum Gasteiger partial charge on any atom is -0.493 e. The molecule has 4 rings (SSSR count). The van der Waals surface area contributed by atoms with Gasteiger partial charge in [0.25, 0.3) is 11.5 Å². The van der Waals surface area contributed by atoms with Crippen molar-refractivity contribution >= 4 is 22.5 Å². The molecule has 1 aliphatic heterocycles. The van der Waals surface area contributed by atoms with E-state index >= 15 is 0 Å². The second kappa shape index (κ2) is 8.55. The van der Waals surface area contributed by atoms with Crippen LogP contribution in [0.3, 0.4) is 0 Å². The highest BCUT2D eigenvalue weighted by atomic mass is 16.5. The topological polar surface area (TPSA) is 101 Å². The number of hydrogen-bond donors (Lipinski definition) is 1. The third kappa shape index (κ3) is 3.98. The average Bonchev–Trinajstić information content (AvgIpc) is 3.26. The summed E-state index contributed by atoms with van der Waals surface area (Å²) in [5.74, 6) is 2.14. The van der Waals surface area contributed by atoms with E-state index in [4.69, 9.17) is 18.9 Å². The Labute approximate surface area is 178 Å². The molecule has 31 heavy (non-hydrogen) atoms. The van der Waals surface area contributed by atoms with Gasteiger partial charge < -0.3 is 24.3 Å². The van der Waals surface area contributed by atoms with E-state index in [1.807, 2.05) is 0 Å². The summed E-state index contributed by atoms with van der Waals surface area (Å²) in [6.07, 6.45) is 1.73. The second-order valence-electron chi connectivity index (χ2n) is 7.02. The average molecular weight is 425 g/mol. The Kier molecular flexibility index (Phi) is 5.66. The third-order valence-corrected chi connectivity index (χ3v) is 5.11. The summed E-state index contributed by atoms with van der Waals surface area (Å²) in [4.78, 5) is 29.6. The van der Waals surface area contributed by atoms with E-state index in [-0.39, 0.29) is 18.1 Å². The summed E-state index contributed by atoms with van der Waals surface area (Å²) < 4.78 is 23.2. The van der Waals surface area contributed by atoms with Gasteiger partial charge in [-0.25, -0.2) is 4.98 Å². The van der Waals surface area contributed by atoms with Crippen LogP contribution in [0.15, 0.2) is 35.1 Å². The number of rotatable bonds is 7. The molecule has 0 unspecified atom stereocenters. The lowest BCUT2D eigenvalue weighted by molar-refractivity contribution is -0.118. The number of methoxy groups -OCH3 is 3. The highest BCUT2D eigenvalue weighted by molar-refractivity contribution is 5.92. The predicted molar refractivity (Wildman–Crippen MR) is 115 cm³/mol. The lowest BCUT2D eigenvalue weighted by atomic mass is 10.2. The maximum absolute atomic E-state index is 12.7. The summed E-state index contributed by atoms with van der Waals surface area (Å²) in [6.45, 7) is 0.446. The number of carbonyl (C=O) groups is 1. The third-order valence-electron chi connectivity index (χ3n) is 5.11. The van der Waals surface area contributed by atoms with E-state index in [0.717, 1.165) is 18.7 Å². The van der Waals surface area contributed by atoms with E-state index in [0.29, 0.717) is 46.1 Å². The van der Waals surface area contributed by atoms with Crippen LogP contribution >= 0.6 is 0 Å². The van der Waals surface area contributed by atoms with Crippen LogP contribution in [-0.2, 0) is 17.8 Å². The zero-order chi connectivity index (χ0) is 22.0. The first-order chi connectivity index (χ1) is 15.0. The van der Waals surface area contributed by atoms with Crippen molar-refractivity contribution in [3.05, 3.63) is 46.5 Å². The highest BCUT2D eigenvalue weighted by Gasteiger charge is 2.17. The highest BCUT2D eigenvalue weighted by Crippen LogP contribution is 2.39. The minimum atomic E-state index is -0.377. The van der Waals surface area contributed by atoms with Crippen LogP contribution in [-0.4, -0.2) is 43.4 Å². The number of nitrogens with one attached hydrogen (secondary N) is 1. The fourth-order valence-corrected chi connectivity index (χ4v) is 3.65. The van der Waals surface area contributed by atoms with Gasteiger partial charge in [-0.3, -0.25) is 14.2 Å². The molecule has 0 aliphatic carbocycles. The summed E-state index contributed by atoms with van der Waals surface area (Å²) >= 11 is 0. The zero-order valence-electron chi connectivity index (χ0n) is 17.6. The van der Waals surface area contributed by atoms with Crippen molar-refractivity contribution in [2.45, 2.75) is 19.4 Å². The fourth-order valence-electron chi connectivity index (χ4n) is 3.65. The van der Waals surface area contributed by atoms with Gasteiger partial charge in [0.1, 0.15) is 11.6 Å². The largest absolute Gasteiger partial charge is 0.493 e. The number of aryl methyl sites for hydroxylation is 1. The van der Waals surface area contributed by atoms with Gasteiger partial charge in [-0.2, -0.15) is 0 Å². The Balaban J connectivity index is 1.48. The van der Waals surface area contributed by atoms with Gasteiger partial charge in [-0.1, -0.05) is 0 Å². The Morgan fingerprint density at radius 1 is 1.10 bits per heavy atom. The predicted octanol–water partition coefficient (Wildman–Crippen LogP) is 2.39. The van der Waals surface area contributed by atoms with Crippen LogP contribution in [0.1, 0.15) is 12.2 Å². The Morgan fingerprint density at radius 2 is 1.84 bits per heavy atom. The molecule has 1 amide bonds. The van der Waals surface area contributed by atoms with Gasteiger partial charge in [0.05, 0.1) is 32.2 Å². The molecule has 1 N–H and O–H groups in total. The first-order valence-corrected chi connectivity index (χ1v) is 9.80. The van der Waals surface area contributed by atoms with Crippen molar-refractivity contribution < 1.29 is 23.7 Å². The van der Waals surface area contributed by atoms with Crippen LogP contribution in [0, 0.1) is 0 Å². The number of ether oxygens (including phenoxy) is 4. The molecular weight excluding hydrogens is 402 g/mol. The molecule has 2 heterocycles. The molecule has 0 atom stereocenters. The normalized spacial score (nSPS) is 12.4. The maximum Gasteiger partial charge on any atom is 0.262 e. The molecule has 1 aromatic heterocycles. The molecule has 0 fully saturated rings. The monoisotopic (exact) mass is 425 g/mol. The quantitative estimate of drug-likeness (QED) is 0.620. The number of anilines is 1. The SMILES string of the molecule is COc1cc(NC(=O)COc2ccc3nc4n(c(=O)c3c2)CCC4)cc(OC)c1OC. The van der Waals surface area contributed by atoms with Gasteiger partial charge in [-0.05, 0) is 24.6 Å². The van der Waals surface area contributed by atoms with Crippen molar-refractivity contribution in [2.75, 3.05) is 33.3 Å². The molecule has 9 nitrogen and oxygen atoms in total. The minimum absolute atomic E-state index is 0.0789. The van der Waals surface area contributed by atoms with E-state index in [9.17, 15) is 9.59 Å². The molecular formula is C22H23N3O6. The van der Waals surface area contributed by atoms with Crippen molar-refractivity contribution in [3.63, 3.8) is 0 Å². The van der Waals surface area contributed by atoms with Gasteiger partial charge in [0.15, 0.2) is 18.1 Å². The lowest BCUT2D eigenvalue weighted by Crippen LogP contribution is -2.22. The van der Waals surface area contributed by atoms with Crippen LogP contribution in [0.25, 0.3) is 10.9 Å². The van der Waals surface area contributed by atoms with Crippen LogP contribution in [0.4, 0.5) is 5.69 Å². The van der Waals surface area contributed by atoms with Gasteiger partial charge in [0, 0.05) is 30.8 Å². The Hall–Kier alpha value is -3.75. The van der Waals surface area contributed by atoms with Gasteiger partial charge in [0.2, 0.25) is 5.75 Å². The molecule has 9 heteroatoms. The summed E-state index contributed by atoms with van der Waals surface area (Å²) in [5.41, 5.74) is 1.02. The van der Waals surface area contributed by atoms with Crippen molar-refractivity contribution in [2.24, 2.45) is 0 Å². The van der Waals surface area contributed by atoms with E-state index in [1.165, 1.54) is 21.3 Å². The number of hydrogen-bond acceptors (Lipinski definition) is 7. The van der Waals surface area contributed by atoms with Crippen LogP contribution in [0.5, 0.6) is 23.0 Å². The first-order valence-electron chi connectivity index (χ1n) is 9.80. The molecule has 2 aromatic carbocycles. The van der Waals surface area contributed by atoms with Gasteiger partial charge in [-0.15, -0.1) is 0 Å². The molecule has 1 aliphatic rings. The van der Waals surface area contributed by atoms with E-state index in [2.05, 4.69) is 10.3 Å². The van der Waals surface area contributed by atoms with Crippen molar-refractivity contribution in [1.29, 1.82) is 0 Å². The fraction of sp³-hybridized carbons (Fsp3) is 0.318. The van der Waals surface area contributed by atoms with E-state index < -0.39 is 0 Å². The number of aromatic nitrogens is 2. The van der Waals surface area contributed by atoms with Crippen molar-refractivity contribution in [1.82, 2.24) is 9.55 Å². The smallest absolute Gasteiger partial charge is 0.262 e. The first kappa shape index (κ1) is 20.5. The molecule has 0 saturated heterocycles. The molecule has 162 valence electrons. The Morgan fingerprint density at radius 3 is 2.52 bits per heavy atom. The Bertz CT molecular complexity index is 1180. The molecule has 0 bridgehead atoms. The van der Waals surface area contributed by atoms with Crippen molar-refractivity contribution in [3.8, 4) is 23.0 Å². The maximum atomic E-state index is 12.7. The molecule has 0 radical (unpaired) electrons. The molecule has 0 saturated carbocycles. The molecule has 0 spiro atoms. The number of fused-ring (bicyclic) bond motifs is 2. The standard InChI is InChI=1S/C22H23N3O6/c1-28-17-9-13(10-18(29-2)21(17)30-3)23-20(26)12-31-14-6-7-16-15(11-14)22(27)25-8-4-5-19(25)24-16/h6-7,9-11H,4-5,8,12H2,1-3H3,(H,23,26). The lowest BCUT2D eigenvalue weighted by Gasteiger charge is -2.15. The summed E-state index contributed by atoms with van der Waals surface area (Å²) in [7, 11) is 4.50. The number of nitrogens with zero attached hydrogens (tertiary/aromatic N) is 2. The van der Waals surface area contributed by atoms with Crippen LogP contribution < -0.4 is 29.8 Å². The summed E-state index contributed by atoms with van der Waals surface area (Å²) in [5, 5.41) is 3.22. The van der Waals surface area contributed by atoms with E-state index in [1.54, 1.807) is 34.9 Å². The molecule has 3 aromatic rings. The number of amides is 1. The second-order valence-corrected chi connectivity index (χ2v) is 7.02. The zero-order valence-corrected chi connectivity index (χ0v) is 17.6. The number of benzene rings is 2. The van der Waals surface area contributed by atoms with Gasteiger partial charge >= 0.3 is 0 Å². The summed E-state index contributed by atoms with van der Waals surface area (Å²) in [6, 6.07) is 8.32. The van der Waals surface area contributed by atoms with Crippen LogP contribution in [0.2, 0.25) is 0 Å².